The molecule has 0 bridgehead atoms. The van der Waals surface area contributed by atoms with Crippen LogP contribution in [0.4, 0.5) is 10.8 Å². The number of aryl methyl sites for hydroxylation is 2. The molecule has 0 radical (unpaired) electrons. The third kappa shape index (κ3) is 5.08. The summed E-state index contributed by atoms with van der Waals surface area (Å²) in [7, 11) is 0. The lowest BCUT2D eigenvalue weighted by Gasteiger charge is -2.10. The van der Waals surface area contributed by atoms with Crippen LogP contribution >= 0.6 is 23.1 Å². The molecule has 0 spiro atoms. The number of thioether (sulfide) groups is 1. The summed E-state index contributed by atoms with van der Waals surface area (Å²) in [5.41, 5.74) is 3.89. The van der Waals surface area contributed by atoms with Gasteiger partial charge in [0.2, 0.25) is 11.8 Å². The Kier molecular flexibility index (Phi) is 6.13. The molecule has 1 unspecified atom stereocenters. The van der Waals surface area contributed by atoms with Crippen molar-refractivity contribution in [1.82, 2.24) is 4.98 Å². The molecular formula is C20H21N3O2S2. The van der Waals surface area contributed by atoms with Gasteiger partial charge < -0.3 is 10.6 Å². The summed E-state index contributed by atoms with van der Waals surface area (Å²) in [6.45, 7) is 5.78. The van der Waals surface area contributed by atoms with Gasteiger partial charge in [0.1, 0.15) is 0 Å². The van der Waals surface area contributed by atoms with E-state index in [9.17, 15) is 9.59 Å². The Morgan fingerprint density at radius 1 is 1.11 bits per heavy atom. The predicted octanol–water partition coefficient (Wildman–Crippen LogP) is 4.61. The largest absolute Gasteiger partial charge is 0.325 e. The van der Waals surface area contributed by atoms with Crippen molar-refractivity contribution in [2.75, 3.05) is 16.4 Å². The van der Waals surface area contributed by atoms with E-state index in [0.29, 0.717) is 5.13 Å². The van der Waals surface area contributed by atoms with Crippen LogP contribution in [0.1, 0.15) is 18.1 Å². The van der Waals surface area contributed by atoms with Gasteiger partial charge in [-0.3, -0.25) is 9.59 Å². The molecule has 3 aromatic rings. The molecule has 3 rings (SSSR count). The summed E-state index contributed by atoms with van der Waals surface area (Å²) in [5.74, 6) is -0.0690. The van der Waals surface area contributed by atoms with Crippen molar-refractivity contribution >= 4 is 55.9 Å². The topological polar surface area (TPSA) is 71.1 Å². The Morgan fingerprint density at radius 2 is 1.85 bits per heavy atom. The van der Waals surface area contributed by atoms with Crippen LogP contribution in [0.5, 0.6) is 0 Å². The highest BCUT2D eigenvalue weighted by Crippen LogP contribution is 2.28. The number of nitrogens with one attached hydrogen (secondary N) is 2. The molecule has 0 saturated heterocycles. The van der Waals surface area contributed by atoms with Crippen molar-refractivity contribution in [3.8, 4) is 0 Å². The van der Waals surface area contributed by atoms with Crippen molar-refractivity contribution < 1.29 is 9.59 Å². The zero-order valence-electron chi connectivity index (χ0n) is 15.4. The van der Waals surface area contributed by atoms with Gasteiger partial charge in [-0.2, -0.15) is 0 Å². The number of aromatic nitrogens is 1. The van der Waals surface area contributed by atoms with E-state index in [0.717, 1.165) is 27.0 Å². The fourth-order valence-corrected chi connectivity index (χ4v) is 4.09. The molecule has 1 atom stereocenters. The quantitative estimate of drug-likeness (QED) is 0.635. The molecular weight excluding hydrogens is 378 g/mol. The molecule has 2 aromatic carbocycles. The molecule has 0 aliphatic heterocycles. The first-order chi connectivity index (χ1) is 12.9. The summed E-state index contributed by atoms with van der Waals surface area (Å²) >= 11 is 2.75. The first-order valence-corrected chi connectivity index (χ1v) is 10.4. The first kappa shape index (κ1) is 19.4. The Hall–Kier alpha value is -2.38. The maximum absolute atomic E-state index is 12.4. The van der Waals surface area contributed by atoms with Crippen LogP contribution in [0.3, 0.4) is 0 Å². The van der Waals surface area contributed by atoms with Crippen LogP contribution in [0.25, 0.3) is 10.2 Å². The van der Waals surface area contributed by atoms with Crippen molar-refractivity contribution in [3.05, 3.63) is 53.6 Å². The van der Waals surface area contributed by atoms with Gasteiger partial charge in [-0.25, -0.2) is 4.98 Å². The summed E-state index contributed by atoms with van der Waals surface area (Å²) in [6.07, 6.45) is 0. The van der Waals surface area contributed by atoms with Gasteiger partial charge in [-0.1, -0.05) is 41.2 Å². The second kappa shape index (κ2) is 8.54. The van der Waals surface area contributed by atoms with Gasteiger partial charge in [-0.05, 0) is 44.5 Å². The highest BCUT2D eigenvalue weighted by Gasteiger charge is 2.17. The molecule has 0 saturated carbocycles. The monoisotopic (exact) mass is 399 g/mol. The average molecular weight is 400 g/mol. The Balaban J connectivity index is 1.51. The van der Waals surface area contributed by atoms with Crippen LogP contribution in [0.2, 0.25) is 0 Å². The SMILES string of the molecule is Cc1ccc(NC(=O)CSC(C)C(=O)Nc2nc3c(C)cccc3s2)cc1. The van der Waals surface area contributed by atoms with Crippen LogP contribution in [-0.2, 0) is 9.59 Å². The zero-order valence-corrected chi connectivity index (χ0v) is 17.0. The van der Waals surface area contributed by atoms with Gasteiger partial charge >= 0.3 is 0 Å². The van der Waals surface area contributed by atoms with Crippen LogP contribution < -0.4 is 10.6 Å². The van der Waals surface area contributed by atoms with E-state index in [2.05, 4.69) is 15.6 Å². The molecule has 7 heteroatoms. The number of para-hydroxylation sites is 1. The van der Waals surface area contributed by atoms with Crippen LogP contribution in [0.15, 0.2) is 42.5 Å². The average Bonchev–Trinajstić information content (AvgIpc) is 3.05. The van der Waals surface area contributed by atoms with E-state index in [-0.39, 0.29) is 22.8 Å². The summed E-state index contributed by atoms with van der Waals surface area (Å²) in [6, 6.07) is 13.6. The van der Waals surface area contributed by atoms with E-state index in [1.54, 1.807) is 6.92 Å². The lowest BCUT2D eigenvalue weighted by molar-refractivity contribution is -0.115. The van der Waals surface area contributed by atoms with Gasteiger partial charge in [0.25, 0.3) is 0 Å². The van der Waals surface area contributed by atoms with Crippen LogP contribution in [0, 0.1) is 13.8 Å². The van der Waals surface area contributed by atoms with Crippen LogP contribution in [-0.4, -0.2) is 27.8 Å². The fourth-order valence-electron chi connectivity index (χ4n) is 2.46. The highest BCUT2D eigenvalue weighted by atomic mass is 32.2. The lowest BCUT2D eigenvalue weighted by Crippen LogP contribution is -2.25. The number of carbonyl (C=O) groups excluding carboxylic acids is 2. The van der Waals surface area contributed by atoms with E-state index >= 15 is 0 Å². The molecule has 0 aliphatic rings. The summed E-state index contributed by atoms with van der Waals surface area (Å²) in [4.78, 5) is 28.9. The normalized spacial score (nSPS) is 12.0. The smallest absolute Gasteiger partial charge is 0.239 e. The van der Waals surface area contributed by atoms with E-state index < -0.39 is 0 Å². The number of thiazole rings is 1. The number of carbonyl (C=O) groups is 2. The Morgan fingerprint density at radius 3 is 2.56 bits per heavy atom. The minimum absolute atomic E-state index is 0.126. The molecule has 1 heterocycles. The fraction of sp³-hybridized carbons (Fsp3) is 0.250. The number of nitrogens with zero attached hydrogens (tertiary/aromatic N) is 1. The van der Waals surface area contributed by atoms with Crippen molar-refractivity contribution in [3.63, 3.8) is 0 Å². The van der Waals surface area contributed by atoms with Gasteiger partial charge in [0.15, 0.2) is 5.13 Å². The summed E-state index contributed by atoms with van der Waals surface area (Å²) in [5, 5.41) is 5.91. The number of hydrogen-bond acceptors (Lipinski definition) is 5. The van der Waals surface area contributed by atoms with Crippen molar-refractivity contribution in [2.24, 2.45) is 0 Å². The molecule has 5 nitrogen and oxygen atoms in total. The maximum atomic E-state index is 12.4. The van der Waals surface area contributed by atoms with Crippen molar-refractivity contribution in [2.45, 2.75) is 26.0 Å². The highest BCUT2D eigenvalue weighted by molar-refractivity contribution is 8.01. The van der Waals surface area contributed by atoms with Gasteiger partial charge in [-0.15, -0.1) is 11.8 Å². The number of amides is 2. The second-order valence-corrected chi connectivity index (χ2v) is 8.66. The number of benzene rings is 2. The Labute approximate surface area is 166 Å². The minimum atomic E-state index is -0.359. The number of fused-ring (bicyclic) bond motifs is 1. The first-order valence-electron chi connectivity index (χ1n) is 8.57. The number of rotatable bonds is 6. The van der Waals surface area contributed by atoms with E-state index in [1.165, 1.54) is 23.1 Å². The third-order valence-corrected chi connectivity index (χ3v) is 6.10. The zero-order chi connectivity index (χ0) is 19.4. The maximum Gasteiger partial charge on any atom is 0.239 e. The number of hydrogen-bond donors (Lipinski definition) is 2. The third-order valence-electron chi connectivity index (χ3n) is 4.02. The standard InChI is InChI=1S/C20H21N3O2S2/c1-12-7-9-15(10-8-12)21-17(24)11-26-14(3)19(25)23-20-22-18-13(2)5-4-6-16(18)27-20/h4-10,14H,11H2,1-3H3,(H,21,24)(H,22,23,25). The van der Waals surface area contributed by atoms with E-state index in [1.807, 2.05) is 56.3 Å². The molecule has 27 heavy (non-hydrogen) atoms. The van der Waals surface area contributed by atoms with Gasteiger partial charge in [0.05, 0.1) is 21.2 Å². The second-order valence-electron chi connectivity index (χ2n) is 6.30. The molecule has 0 fully saturated rings. The minimum Gasteiger partial charge on any atom is -0.325 e. The molecule has 2 amide bonds. The lowest BCUT2D eigenvalue weighted by atomic mass is 10.2. The molecule has 140 valence electrons. The Bertz CT molecular complexity index is 967. The number of anilines is 2. The molecule has 1 aromatic heterocycles. The molecule has 0 aliphatic carbocycles. The summed E-state index contributed by atoms with van der Waals surface area (Å²) < 4.78 is 1.04. The predicted molar refractivity (Wildman–Crippen MR) is 115 cm³/mol. The molecule has 2 N–H and O–H groups in total. The van der Waals surface area contributed by atoms with Crippen molar-refractivity contribution in [1.29, 1.82) is 0 Å². The van der Waals surface area contributed by atoms with Gasteiger partial charge in [0, 0.05) is 5.69 Å². The van der Waals surface area contributed by atoms with E-state index in [4.69, 9.17) is 0 Å².